The number of ketones is 1. The van der Waals surface area contributed by atoms with Crippen LogP contribution in [0.4, 0.5) is 0 Å². The molecular formula is C17H15Cl2N3O. The lowest BCUT2D eigenvalue weighted by Crippen LogP contribution is -2.36. The van der Waals surface area contributed by atoms with E-state index in [1.54, 1.807) is 30.1 Å². The fraction of sp³-hybridized carbons (Fsp3) is 0.294. The van der Waals surface area contributed by atoms with Crippen LogP contribution in [-0.4, -0.2) is 17.7 Å². The van der Waals surface area contributed by atoms with Gasteiger partial charge in [-0.1, -0.05) is 29.3 Å². The molecule has 0 saturated heterocycles. The molecule has 0 saturated carbocycles. The van der Waals surface area contributed by atoms with Crippen molar-refractivity contribution in [3.8, 4) is 6.07 Å². The quantitative estimate of drug-likeness (QED) is 0.840. The van der Waals surface area contributed by atoms with Gasteiger partial charge in [-0.05, 0) is 30.5 Å². The molecule has 4 nitrogen and oxygen atoms in total. The van der Waals surface area contributed by atoms with Crippen LogP contribution in [0.25, 0.3) is 0 Å². The molecule has 1 heterocycles. The van der Waals surface area contributed by atoms with Gasteiger partial charge in [0.2, 0.25) is 0 Å². The number of nitrogens with zero attached hydrogens (tertiary/aromatic N) is 2. The molecule has 1 aromatic rings. The van der Waals surface area contributed by atoms with Crippen LogP contribution >= 0.6 is 23.2 Å². The minimum atomic E-state index is -0.524. The second-order valence-corrected chi connectivity index (χ2v) is 6.55. The van der Waals surface area contributed by atoms with Crippen LogP contribution < -0.4 is 5.73 Å². The number of benzene rings is 1. The molecule has 23 heavy (non-hydrogen) atoms. The van der Waals surface area contributed by atoms with Gasteiger partial charge in [0.15, 0.2) is 5.78 Å². The Morgan fingerprint density at radius 1 is 1.35 bits per heavy atom. The van der Waals surface area contributed by atoms with E-state index in [2.05, 4.69) is 6.07 Å². The molecule has 3 rings (SSSR count). The van der Waals surface area contributed by atoms with E-state index in [0.717, 1.165) is 18.5 Å². The number of halogens is 2. The summed E-state index contributed by atoms with van der Waals surface area (Å²) < 4.78 is 0. The Kier molecular flexibility index (Phi) is 4.09. The Hall–Kier alpha value is -1.96. The molecule has 0 amide bonds. The number of carbonyl (C=O) groups is 1. The van der Waals surface area contributed by atoms with Gasteiger partial charge in [0.25, 0.3) is 0 Å². The Morgan fingerprint density at radius 2 is 2.09 bits per heavy atom. The number of hydrogen-bond acceptors (Lipinski definition) is 4. The number of allylic oxidation sites excluding steroid dienone is 3. The third kappa shape index (κ3) is 2.50. The summed E-state index contributed by atoms with van der Waals surface area (Å²) in [6, 6.07) is 7.25. The fourth-order valence-electron chi connectivity index (χ4n) is 3.31. The van der Waals surface area contributed by atoms with E-state index in [4.69, 9.17) is 28.9 Å². The molecule has 1 aliphatic carbocycles. The smallest absolute Gasteiger partial charge is 0.161 e. The zero-order valence-electron chi connectivity index (χ0n) is 12.6. The lowest BCUT2D eigenvalue weighted by molar-refractivity contribution is -0.116. The van der Waals surface area contributed by atoms with E-state index in [0.29, 0.717) is 39.0 Å². The van der Waals surface area contributed by atoms with E-state index >= 15 is 0 Å². The van der Waals surface area contributed by atoms with Crippen molar-refractivity contribution in [1.29, 1.82) is 5.26 Å². The summed E-state index contributed by atoms with van der Waals surface area (Å²) in [4.78, 5) is 14.3. The summed E-state index contributed by atoms with van der Waals surface area (Å²) in [5, 5.41) is 10.5. The second-order valence-electron chi connectivity index (χ2n) is 5.71. The van der Waals surface area contributed by atoms with Crippen molar-refractivity contribution in [3.05, 3.63) is 56.5 Å². The number of hydrogen-bond donors (Lipinski definition) is 1. The largest absolute Gasteiger partial charge is 0.384 e. The summed E-state index contributed by atoms with van der Waals surface area (Å²) in [6.45, 7) is 0. The van der Waals surface area contributed by atoms with Crippen molar-refractivity contribution in [1.82, 2.24) is 4.90 Å². The SMILES string of the molecule is CN1C(N)=C(C#N)[C@@H](c2ccc(Cl)cc2Cl)C2=C1CCCC2=O. The average Bonchev–Trinajstić information content (AvgIpc) is 2.51. The van der Waals surface area contributed by atoms with E-state index in [1.165, 1.54) is 0 Å². The summed E-state index contributed by atoms with van der Waals surface area (Å²) in [5.41, 5.74) is 8.72. The third-order valence-corrected chi connectivity index (χ3v) is 5.00. The molecule has 2 N–H and O–H groups in total. The summed E-state index contributed by atoms with van der Waals surface area (Å²) in [6.07, 6.45) is 2.03. The summed E-state index contributed by atoms with van der Waals surface area (Å²) >= 11 is 12.3. The summed E-state index contributed by atoms with van der Waals surface area (Å²) in [7, 11) is 1.79. The minimum Gasteiger partial charge on any atom is -0.384 e. The minimum absolute atomic E-state index is 0.0503. The molecule has 0 fully saturated rings. The molecule has 0 spiro atoms. The van der Waals surface area contributed by atoms with Crippen molar-refractivity contribution in [3.63, 3.8) is 0 Å². The van der Waals surface area contributed by atoms with Gasteiger partial charge < -0.3 is 10.6 Å². The van der Waals surface area contributed by atoms with Gasteiger partial charge in [-0.2, -0.15) is 5.26 Å². The first kappa shape index (κ1) is 15.9. The van der Waals surface area contributed by atoms with Gasteiger partial charge in [0.05, 0.1) is 17.6 Å². The van der Waals surface area contributed by atoms with Crippen LogP contribution in [0.15, 0.2) is 40.9 Å². The topological polar surface area (TPSA) is 70.1 Å². The van der Waals surface area contributed by atoms with Crippen molar-refractivity contribution < 1.29 is 4.79 Å². The second kappa shape index (κ2) is 5.92. The maximum Gasteiger partial charge on any atom is 0.161 e. The molecule has 6 heteroatoms. The molecule has 118 valence electrons. The molecule has 0 bridgehead atoms. The number of nitrogens with two attached hydrogens (primary N) is 1. The highest BCUT2D eigenvalue weighted by molar-refractivity contribution is 6.35. The molecule has 1 aromatic carbocycles. The zero-order valence-corrected chi connectivity index (χ0v) is 14.1. The van der Waals surface area contributed by atoms with Crippen LogP contribution in [0.3, 0.4) is 0 Å². The van der Waals surface area contributed by atoms with Crippen molar-refractivity contribution >= 4 is 29.0 Å². The molecule has 1 aliphatic heterocycles. The van der Waals surface area contributed by atoms with E-state index in [9.17, 15) is 10.1 Å². The van der Waals surface area contributed by atoms with Gasteiger partial charge in [-0.25, -0.2) is 0 Å². The van der Waals surface area contributed by atoms with Gasteiger partial charge in [0.1, 0.15) is 5.82 Å². The van der Waals surface area contributed by atoms with Crippen LogP contribution in [0, 0.1) is 11.3 Å². The molecule has 0 aromatic heterocycles. The van der Waals surface area contributed by atoms with Crippen LogP contribution in [0.2, 0.25) is 10.0 Å². The normalized spacial score (nSPS) is 21.4. The highest BCUT2D eigenvalue weighted by Crippen LogP contribution is 2.46. The number of rotatable bonds is 1. The molecule has 0 unspecified atom stereocenters. The molecule has 0 radical (unpaired) electrons. The first-order valence-electron chi connectivity index (χ1n) is 7.30. The van der Waals surface area contributed by atoms with Crippen molar-refractivity contribution in [2.75, 3.05) is 7.05 Å². The maximum atomic E-state index is 12.6. The first-order chi connectivity index (χ1) is 11.0. The van der Waals surface area contributed by atoms with E-state index < -0.39 is 5.92 Å². The Morgan fingerprint density at radius 3 is 2.74 bits per heavy atom. The van der Waals surface area contributed by atoms with Crippen LogP contribution in [0.1, 0.15) is 30.7 Å². The van der Waals surface area contributed by atoms with Crippen LogP contribution in [-0.2, 0) is 4.79 Å². The fourth-order valence-corrected chi connectivity index (χ4v) is 3.83. The van der Waals surface area contributed by atoms with Crippen molar-refractivity contribution in [2.45, 2.75) is 25.2 Å². The molecule has 1 atom stereocenters. The Balaban J connectivity index is 2.27. The summed E-state index contributed by atoms with van der Waals surface area (Å²) in [5.74, 6) is -0.102. The van der Waals surface area contributed by atoms with Crippen molar-refractivity contribution in [2.24, 2.45) is 5.73 Å². The number of carbonyl (C=O) groups excluding carboxylic acids is 1. The van der Waals surface area contributed by atoms with Gasteiger partial charge in [0, 0.05) is 34.8 Å². The Labute approximate surface area is 144 Å². The molecule has 2 aliphatic rings. The molecular weight excluding hydrogens is 333 g/mol. The average molecular weight is 348 g/mol. The number of Topliss-reactive ketones (excluding diaryl/α,β-unsaturated/α-hetero) is 1. The Bertz CT molecular complexity index is 805. The van der Waals surface area contributed by atoms with Gasteiger partial charge >= 0.3 is 0 Å². The maximum absolute atomic E-state index is 12.6. The van der Waals surface area contributed by atoms with Gasteiger partial charge in [-0.3, -0.25) is 4.79 Å². The lowest BCUT2D eigenvalue weighted by atomic mass is 9.76. The lowest BCUT2D eigenvalue weighted by Gasteiger charge is -2.37. The monoisotopic (exact) mass is 347 g/mol. The predicted octanol–water partition coefficient (Wildman–Crippen LogP) is 3.72. The van der Waals surface area contributed by atoms with E-state index in [-0.39, 0.29) is 5.78 Å². The standard InChI is InChI=1S/C17H15Cl2N3O/c1-22-13-3-2-4-14(23)16(13)15(11(8-20)17(22)21)10-6-5-9(18)7-12(10)19/h5-7,15H,2-4,21H2,1H3/t15-/m1/s1. The van der Waals surface area contributed by atoms with E-state index in [1.807, 2.05) is 0 Å². The zero-order chi connectivity index (χ0) is 16.7. The van der Waals surface area contributed by atoms with Crippen LogP contribution in [0.5, 0.6) is 0 Å². The van der Waals surface area contributed by atoms with Gasteiger partial charge in [-0.15, -0.1) is 0 Å². The highest BCUT2D eigenvalue weighted by Gasteiger charge is 2.39. The predicted molar refractivity (Wildman–Crippen MR) is 89.7 cm³/mol. The highest BCUT2D eigenvalue weighted by atomic mass is 35.5. The first-order valence-corrected chi connectivity index (χ1v) is 8.06. The number of nitriles is 1. The third-order valence-electron chi connectivity index (χ3n) is 4.44.